The SMILES string of the molecule is CN(C)CCOc1cc(F)cc(-c2ccnc3nc(-c4[nH]nc5ncc(-c6cncc(OC7CCCCC7)c6)cc45)[nH]c23)c1. The zero-order valence-corrected chi connectivity index (χ0v) is 24.7. The van der Waals surface area contributed by atoms with E-state index in [-0.39, 0.29) is 11.9 Å². The Labute approximate surface area is 253 Å². The zero-order chi connectivity index (χ0) is 30.0. The molecule has 0 atom stereocenters. The van der Waals surface area contributed by atoms with E-state index in [1.807, 2.05) is 49.5 Å². The number of imidazole rings is 1. The molecule has 1 aliphatic carbocycles. The lowest BCUT2D eigenvalue weighted by Crippen LogP contribution is -2.19. The van der Waals surface area contributed by atoms with E-state index in [1.165, 1.54) is 31.4 Å². The molecule has 10 nitrogen and oxygen atoms in total. The Morgan fingerprint density at radius 3 is 2.61 bits per heavy atom. The number of benzene rings is 1. The van der Waals surface area contributed by atoms with Gasteiger partial charge in [0.25, 0.3) is 0 Å². The summed E-state index contributed by atoms with van der Waals surface area (Å²) in [5.74, 6) is 1.40. The minimum absolute atomic E-state index is 0.239. The summed E-state index contributed by atoms with van der Waals surface area (Å²) in [7, 11) is 3.93. The number of hydrogen-bond acceptors (Lipinski definition) is 8. The number of ether oxygens (including phenoxy) is 2. The van der Waals surface area contributed by atoms with Gasteiger partial charge < -0.3 is 19.4 Å². The lowest BCUT2D eigenvalue weighted by Gasteiger charge is -2.23. The fraction of sp³-hybridized carbons (Fsp3) is 0.303. The van der Waals surface area contributed by atoms with E-state index in [9.17, 15) is 4.39 Å². The summed E-state index contributed by atoms with van der Waals surface area (Å²) in [6, 6.07) is 10.6. The van der Waals surface area contributed by atoms with Crippen molar-refractivity contribution in [2.24, 2.45) is 0 Å². The van der Waals surface area contributed by atoms with Crippen LogP contribution >= 0.6 is 0 Å². The minimum atomic E-state index is -0.382. The van der Waals surface area contributed by atoms with Crippen LogP contribution in [-0.4, -0.2) is 73.4 Å². The van der Waals surface area contributed by atoms with E-state index in [1.54, 1.807) is 18.6 Å². The Morgan fingerprint density at radius 2 is 1.75 bits per heavy atom. The maximum Gasteiger partial charge on any atom is 0.181 e. The summed E-state index contributed by atoms with van der Waals surface area (Å²) in [5.41, 5.74) is 5.62. The summed E-state index contributed by atoms with van der Waals surface area (Å²) in [4.78, 5) is 23.7. The third kappa shape index (κ3) is 5.83. The average molecular weight is 593 g/mol. The van der Waals surface area contributed by atoms with Crippen LogP contribution in [0.3, 0.4) is 0 Å². The second-order valence-corrected chi connectivity index (χ2v) is 11.5. The molecule has 224 valence electrons. The van der Waals surface area contributed by atoms with Crippen molar-refractivity contribution in [3.63, 3.8) is 0 Å². The van der Waals surface area contributed by atoms with Gasteiger partial charge in [-0.1, -0.05) is 6.42 Å². The third-order valence-corrected chi connectivity index (χ3v) is 7.93. The molecule has 0 amide bonds. The van der Waals surface area contributed by atoms with Gasteiger partial charge in [0.2, 0.25) is 0 Å². The number of hydrogen-bond donors (Lipinski definition) is 2. The van der Waals surface area contributed by atoms with Gasteiger partial charge in [0.05, 0.1) is 23.2 Å². The predicted octanol–water partition coefficient (Wildman–Crippen LogP) is 6.42. The van der Waals surface area contributed by atoms with Crippen LogP contribution in [0.5, 0.6) is 11.5 Å². The van der Waals surface area contributed by atoms with Gasteiger partial charge in [0.1, 0.15) is 29.6 Å². The van der Waals surface area contributed by atoms with Crippen LogP contribution in [0.25, 0.3) is 56.0 Å². The highest BCUT2D eigenvalue weighted by Crippen LogP contribution is 2.34. The molecule has 0 saturated heterocycles. The number of likely N-dealkylation sites (N-methyl/N-ethyl adjacent to an activating group) is 1. The molecule has 1 aromatic carbocycles. The van der Waals surface area contributed by atoms with Gasteiger partial charge in [0, 0.05) is 47.9 Å². The van der Waals surface area contributed by atoms with Crippen molar-refractivity contribution in [2.45, 2.75) is 38.2 Å². The van der Waals surface area contributed by atoms with Crippen molar-refractivity contribution in [1.82, 2.24) is 40.0 Å². The second kappa shape index (κ2) is 12.0. The van der Waals surface area contributed by atoms with Crippen LogP contribution in [0.15, 0.2) is 61.2 Å². The van der Waals surface area contributed by atoms with Crippen molar-refractivity contribution in [3.05, 3.63) is 67.0 Å². The number of nitrogens with zero attached hydrogens (tertiary/aromatic N) is 6. The lowest BCUT2D eigenvalue weighted by molar-refractivity contribution is 0.154. The molecule has 6 aromatic rings. The van der Waals surface area contributed by atoms with Crippen molar-refractivity contribution in [1.29, 1.82) is 0 Å². The van der Waals surface area contributed by atoms with Crippen molar-refractivity contribution in [2.75, 3.05) is 27.2 Å². The summed E-state index contributed by atoms with van der Waals surface area (Å²) >= 11 is 0. The molecule has 5 aromatic heterocycles. The highest BCUT2D eigenvalue weighted by atomic mass is 19.1. The number of aromatic amines is 2. The smallest absolute Gasteiger partial charge is 0.181 e. The normalized spacial score (nSPS) is 14.1. The molecule has 1 aliphatic rings. The molecule has 0 unspecified atom stereocenters. The van der Waals surface area contributed by atoms with E-state index < -0.39 is 0 Å². The summed E-state index contributed by atoms with van der Waals surface area (Å²) < 4.78 is 26.7. The summed E-state index contributed by atoms with van der Waals surface area (Å²) in [6.07, 6.45) is 13.1. The van der Waals surface area contributed by atoms with Gasteiger partial charge in [-0.25, -0.2) is 19.3 Å². The minimum Gasteiger partial charge on any atom is -0.492 e. The molecule has 1 saturated carbocycles. The number of aromatic nitrogens is 7. The highest BCUT2D eigenvalue weighted by molar-refractivity contribution is 5.96. The quantitative estimate of drug-likeness (QED) is 0.198. The monoisotopic (exact) mass is 592 g/mol. The summed E-state index contributed by atoms with van der Waals surface area (Å²) in [6.45, 7) is 1.17. The molecule has 0 radical (unpaired) electrons. The Kier molecular flexibility index (Phi) is 7.61. The van der Waals surface area contributed by atoms with E-state index in [2.05, 4.69) is 30.1 Å². The Hall–Kier alpha value is -4.90. The Bertz CT molecular complexity index is 1930. The third-order valence-electron chi connectivity index (χ3n) is 7.93. The van der Waals surface area contributed by atoms with Crippen LogP contribution in [0.1, 0.15) is 32.1 Å². The second-order valence-electron chi connectivity index (χ2n) is 11.5. The molecule has 44 heavy (non-hydrogen) atoms. The standard InChI is InChI=1S/C33H33FN8O2/c1-42(2)10-11-43-25-13-20(12-23(34)16-25)27-8-9-36-32-29(27)38-33(39-32)30-28-15-22(18-37-31(28)41-40-30)21-14-26(19-35-17-21)44-24-6-4-3-5-7-24/h8-9,12-19,24H,3-7,10-11H2,1-2H3,(H,36,38,39)(H,37,40,41). The van der Waals surface area contributed by atoms with Crippen LogP contribution in [0.2, 0.25) is 0 Å². The highest BCUT2D eigenvalue weighted by Gasteiger charge is 2.19. The predicted molar refractivity (Wildman–Crippen MR) is 167 cm³/mol. The first-order valence-electron chi connectivity index (χ1n) is 14.9. The van der Waals surface area contributed by atoms with Gasteiger partial charge in [0.15, 0.2) is 17.1 Å². The first-order chi connectivity index (χ1) is 21.5. The number of fused-ring (bicyclic) bond motifs is 2. The number of rotatable bonds is 9. The molecule has 0 aliphatic heterocycles. The number of nitrogens with one attached hydrogen (secondary N) is 2. The first-order valence-corrected chi connectivity index (χ1v) is 14.9. The van der Waals surface area contributed by atoms with E-state index in [0.29, 0.717) is 46.2 Å². The van der Waals surface area contributed by atoms with Crippen LogP contribution in [0, 0.1) is 5.82 Å². The first kappa shape index (κ1) is 27.9. The van der Waals surface area contributed by atoms with E-state index in [4.69, 9.17) is 14.5 Å². The van der Waals surface area contributed by atoms with Gasteiger partial charge in [-0.05, 0) is 75.7 Å². The lowest BCUT2D eigenvalue weighted by atomic mass is 9.98. The molecule has 0 spiro atoms. The fourth-order valence-corrected chi connectivity index (χ4v) is 5.67. The van der Waals surface area contributed by atoms with Crippen LogP contribution < -0.4 is 9.47 Å². The Morgan fingerprint density at radius 1 is 0.909 bits per heavy atom. The molecule has 2 N–H and O–H groups in total. The number of halogens is 1. The molecule has 0 bridgehead atoms. The molecular weight excluding hydrogens is 559 g/mol. The maximum atomic E-state index is 14.7. The van der Waals surface area contributed by atoms with Gasteiger partial charge in [-0.3, -0.25) is 10.1 Å². The largest absolute Gasteiger partial charge is 0.492 e. The molecule has 1 fully saturated rings. The van der Waals surface area contributed by atoms with E-state index in [0.717, 1.165) is 47.2 Å². The number of pyridine rings is 3. The molecule has 5 heterocycles. The maximum absolute atomic E-state index is 14.7. The van der Waals surface area contributed by atoms with Gasteiger partial charge in [-0.15, -0.1) is 0 Å². The van der Waals surface area contributed by atoms with Gasteiger partial charge >= 0.3 is 0 Å². The summed E-state index contributed by atoms with van der Waals surface area (Å²) in [5, 5.41) is 8.30. The fourth-order valence-electron chi connectivity index (χ4n) is 5.67. The van der Waals surface area contributed by atoms with Crippen molar-refractivity contribution < 1.29 is 13.9 Å². The topological polar surface area (TPSA) is 118 Å². The van der Waals surface area contributed by atoms with Crippen LogP contribution in [-0.2, 0) is 0 Å². The number of H-pyrrole nitrogens is 2. The molecule has 7 rings (SSSR count). The van der Waals surface area contributed by atoms with E-state index >= 15 is 0 Å². The van der Waals surface area contributed by atoms with Gasteiger partial charge in [-0.2, -0.15) is 5.10 Å². The van der Waals surface area contributed by atoms with Crippen molar-refractivity contribution in [3.8, 4) is 45.3 Å². The Balaban J connectivity index is 1.21. The molecule has 11 heteroatoms. The van der Waals surface area contributed by atoms with Crippen molar-refractivity contribution >= 4 is 22.2 Å². The van der Waals surface area contributed by atoms with Crippen LogP contribution in [0.4, 0.5) is 4.39 Å². The average Bonchev–Trinajstić information content (AvgIpc) is 3.65. The zero-order valence-electron chi connectivity index (χ0n) is 24.7. The molecular formula is C33H33FN8O2.